The van der Waals surface area contributed by atoms with Gasteiger partial charge in [-0.15, -0.1) is 0 Å². The van der Waals surface area contributed by atoms with Crippen molar-refractivity contribution in [2.45, 2.75) is 18.7 Å². The Morgan fingerprint density at radius 1 is 1.47 bits per heavy atom. The first-order chi connectivity index (χ1) is 6.93. The Morgan fingerprint density at radius 3 is 2.67 bits per heavy atom. The monoisotopic (exact) mass is 225 g/mol. The van der Waals surface area contributed by atoms with Crippen LogP contribution in [-0.4, -0.2) is 25.6 Å². The van der Waals surface area contributed by atoms with E-state index in [4.69, 9.17) is 10.5 Å². The highest BCUT2D eigenvalue weighted by molar-refractivity contribution is 5.32. The van der Waals surface area contributed by atoms with Gasteiger partial charge in [-0.05, 0) is 12.2 Å². The highest BCUT2D eigenvalue weighted by Gasteiger charge is 2.34. The van der Waals surface area contributed by atoms with Crippen LogP contribution < -0.4 is 5.73 Å². The van der Waals surface area contributed by atoms with E-state index in [-0.39, 0.29) is 18.7 Å². The number of rotatable bonds is 3. The number of ether oxygens (including phenoxy) is 1. The molecule has 86 valence electrons. The third-order valence-electron chi connectivity index (χ3n) is 1.88. The minimum atomic E-state index is -4.44. The van der Waals surface area contributed by atoms with Crippen LogP contribution in [0.1, 0.15) is 6.42 Å². The topological polar surface area (TPSA) is 35.2 Å². The summed E-state index contributed by atoms with van der Waals surface area (Å²) in [7, 11) is 0. The Balaban J connectivity index is 2.73. The zero-order chi connectivity index (χ0) is 11.5. The van der Waals surface area contributed by atoms with Crippen LogP contribution in [0.15, 0.2) is 23.4 Å². The Bertz CT molecular complexity index is 282. The SMILES string of the molecule is NC1=CC(C(F)(F)F)=CC(OCCF)C1. The first-order valence-electron chi connectivity index (χ1n) is 4.36. The molecule has 0 aliphatic heterocycles. The van der Waals surface area contributed by atoms with Crippen molar-refractivity contribution in [1.82, 2.24) is 0 Å². The lowest BCUT2D eigenvalue weighted by molar-refractivity contribution is -0.0900. The van der Waals surface area contributed by atoms with Crippen molar-refractivity contribution in [3.8, 4) is 0 Å². The molecule has 1 atom stereocenters. The molecule has 0 amide bonds. The first kappa shape index (κ1) is 12.0. The van der Waals surface area contributed by atoms with Gasteiger partial charge in [-0.25, -0.2) is 4.39 Å². The van der Waals surface area contributed by atoms with Gasteiger partial charge in [-0.2, -0.15) is 13.2 Å². The second-order valence-corrected chi connectivity index (χ2v) is 3.14. The molecule has 6 heteroatoms. The van der Waals surface area contributed by atoms with Crippen molar-refractivity contribution in [2.24, 2.45) is 5.73 Å². The van der Waals surface area contributed by atoms with Crippen LogP contribution in [0.3, 0.4) is 0 Å². The van der Waals surface area contributed by atoms with Crippen LogP contribution in [0.5, 0.6) is 0 Å². The fourth-order valence-electron chi connectivity index (χ4n) is 1.28. The largest absolute Gasteiger partial charge is 0.416 e. The van der Waals surface area contributed by atoms with Gasteiger partial charge in [0.15, 0.2) is 0 Å². The Hall–Kier alpha value is -1.04. The van der Waals surface area contributed by atoms with Gasteiger partial charge >= 0.3 is 6.18 Å². The van der Waals surface area contributed by atoms with Gasteiger partial charge in [0.05, 0.1) is 18.3 Å². The molecule has 0 bridgehead atoms. The number of allylic oxidation sites excluding steroid dienone is 2. The van der Waals surface area contributed by atoms with Gasteiger partial charge in [0.25, 0.3) is 0 Å². The Morgan fingerprint density at radius 2 is 2.13 bits per heavy atom. The molecule has 2 nitrogen and oxygen atoms in total. The molecule has 0 spiro atoms. The maximum atomic E-state index is 12.3. The van der Waals surface area contributed by atoms with Crippen LogP contribution >= 0.6 is 0 Å². The summed E-state index contributed by atoms with van der Waals surface area (Å²) in [5.74, 6) is 0. The predicted molar refractivity (Wildman–Crippen MR) is 46.7 cm³/mol. The van der Waals surface area contributed by atoms with E-state index in [1.165, 1.54) is 0 Å². The summed E-state index contributed by atoms with van der Waals surface area (Å²) in [6, 6.07) is 0. The molecule has 0 heterocycles. The van der Waals surface area contributed by atoms with Gasteiger partial charge < -0.3 is 10.5 Å². The average Bonchev–Trinajstić information content (AvgIpc) is 2.12. The van der Waals surface area contributed by atoms with Crippen molar-refractivity contribution in [2.75, 3.05) is 13.3 Å². The zero-order valence-corrected chi connectivity index (χ0v) is 7.85. The van der Waals surface area contributed by atoms with Crippen LogP contribution in [0.4, 0.5) is 17.6 Å². The molecule has 1 unspecified atom stereocenters. The maximum Gasteiger partial charge on any atom is 0.416 e. The second-order valence-electron chi connectivity index (χ2n) is 3.14. The molecule has 0 aromatic rings. The van der Waals surface area contributed by atoms with E-state index >= 15 is 0 Å². The van der Waals surface area contributed by atoms with E-state index in [1.807, 2.05) is 0 Å². The second kappa shape index (κ2) is 4.65. The summed E-state index contributed by atoms with van der Waals surface area (Å²) in [6.45, 7) is -0.950. The smallest absolute Gasteiger partial charge is 0.402 e. The van der Waals surface area contributed by atoms with E-state index in [1.54, 1.807) is 0 Å². The summed E-state index contributed by atoms with van der Waals surface area (Å²) in [4.78, 5) is 0. The lowest BCUT2D eigenvalue weighted by Gasteiger charge is -2.21. The van der Waals surface area contributed by atoms with E-state index < -0.39 is 24.5 Å². The average molecular weight is 225 g/mol. The Labute approximate surface area is 84.4 Å². The summed E-state index contributed by atoms with van der Waals surface area (Å²) in [5, 5.41) is 0. The molecule has 0 saturated heterocycles. The predicted octanol–water partition coefficient (Wildman–Crippen LogP) is 2.08. The molecule has 0 radical (unpaired) electrons. The molecule has 0 aromatic carbocycles. The van der Waals surface area contributed by atoms with Gasteiger partial charge in [0.2, 0.25) is 0 Å². The fraction of sp³-hybridized carbons (Fsp3) is 0.556. The van der Waals surface area contributed by atoms with Crippen molar-refractivity contribution in [3.05, 3.63) is 23.4 Å². The van der Waals surface area contributed by atoms with Crippen LogP contribution in [0.25, 0.3) is 0 Å². The molecule has 15 heavy (non-hydrogen) atoms. The van der Waals surface area contributed by atoms with Crippen molar-refractivity contribution in [1.29, 1.82) is 0 Å². The number of hydrogen-bond acceptors (Lipinski definition) is 2. The van der Waals surface area contributed by atoms with Crippen LogP contribution in [0, 0.1) is 0 Å². The highest BCUT2D eigenvalue weighted by atomic mass is 19.4. The van der Waals surface area contributed by atoms with E-state index in [0.29, 0.717) is 0 Å². The summed E-state index contributed by atoms with van der Waals surface area (Å²) >= 11 is 0. The minimum absolute atomic E-state index is 0.0914. The molecule has 0 fully saturated rings. The van der Waals surface area contributed by atoms with Crippen molar-refractivity contribution in [3.63, 3.8) is 0 Å². The summed E-state index contributed by atoms with van der Waals surface area (Å²) < 4.78 is 53.6. The van der Waals surface area contributed by atoms with Crippen LogP contribution in [-0.2, 0) is 4.74 Å². The number of halogens is 4. The molecule has 2 N–H and O–H groups in total. The first-order valence-corrected chi connectivity index (χ1v) is 4.36. The van der Waals surface area contributed by atoms with Gasteiger partial charge in [0, 0.05) is 12.1 Å². The normalized spacial score (nSPS) is 22.3. The standard InChI is InChI=1S/C9H11F4NO/c10-1-2-15-8-4-6(9(11,12)13)3-7(14)5-8/h3-4,8H,1-2,5,14H2. The van der Waals surface area contributed by atoms with Crippen molar-refractivity contribution < 1.29 is 22.3 Å². The molecular weight excluding hydrogens is 214 g/mol. The summed E-state index contributed by atoms with van der Waals surface area (Å²) in [5.41, 5.74) is 4.58. The molecule has 1 aliphatic rings. The molecule has 0 aromatic heterocycles. The van der Waals surface area contributed by atoms with Crippen LogP contribution in [0.2, 0.25) is 0 Å². The van der Waals surface area contributed by atoms with Gasteiger partial charge in [-0.3, -0.25) is 0 Å². The molecule has 0 saturated carbocycles. The number of alkyl halides is 4. The van der Waals surface area contributed by atoms with Gasteiger partial charge in [0.1, 0.15) is 6.67 Å². The van der Waals surface area contributed by atoms with E-state index in [2.05, 4.69) is 0 Å². The lowest BCUT2D eigenvalue weighted by atomic mass is 10.0. The third kappa shape index (κ3) is 3.54. The Kier molecular flexibility index (Phi) is 3.73. The highest BCUT2D eigenvalue weighted by Crippen LogP contribution is 2.31. The molecular formula is C9H11F4NO. The number of hydrogen-bond donors (Lipinski definition) is 1. The zero-order valence-electron chi connectivity index (χ0n) is 7.85. The molecule has 1 rings (SSSR count). The fourth-order valence-corrected chi connectivity index (χ4v) is 1.28. The van der Waals surface area contributed by atoms with Gasteiger partial charge in [-0.1, -0.05) is 0 Å². The maximum absolute atomic E-state index is 12.3. The number of nitrogens with two attached hydrogens (primary N) is 1. The van der Waals surface area contributed by atoms with Crippen molar-refractivity contribution >= 4 is 0 Å². The minimum Gasteiger partial charge on any atom is -0.402 e. The lowest BCUT2D eigenvalue weighted by Crippen LogP contribution is -2.24. The third-order valence-corrected chi connectivity index (χ3v) is 1.88. The molecule has 1 aliphatic carbocycles. The summed E-state index contributed by atoms with van der Waals surface area (Å²) in [6.07, 6.45) is -3.27. The van der Waals surface area contributed by atoms with E-state index in [0.717, 1.165) is 12.2 Å². The van der Waals surface area contributed by atoms with E-state index in [9.17, 15) is 17.6 Å². The quantitative estimate of drug-likeness (QED) is 0.746.